The number of anilines is 2. The van der Waals surface area contributed by atoms with Gasteiger partial charge in [-0.15, -0.1) is 0 Å². The number of benzene rings is 1. The normalized spacial score (nSPS) is 17.2. The summed E-state index contributed by atoms with van der Waals surface area (Å²) in [6.07, 6.45) is 2.51. The van der Waals surface area contributed by atoms with Gasteiger partial charge in [0.2, 0.25) is 11.8 Å². The van der Waals surface area contributed by atoms with E-state index in [1.54, 1.807) is 29.2 Å². The fraction of sp³-hybridized carbons (Fsp3) is 0.471. The first-order chi connectivity index (χ1) is 11.0. The molecule has 1 N–H and O–H groups in total. The number of ether oxygens (including phenoxy) is 1. The third-order valence-corrected chi connectivity index (χ3v) is 3.88. The van der Waals surface area contributed by atoms with Crippen molar-refractivity contribution in [3.8, 4) is 0 Å². The molecular weight excluding hydrogens is 296 g/mol. The fourth-order valence-corrected chi connectivity index (χ4v) is 2.57. The lowest BCUT2D eigenvalue weighted by Gasteiger charge is -2.17. The topological polar surface area (TPSA) is 75.7 Å². The lowest BCUT2D eigenvalue weighted by atomic mass is 10.1. The predicted octanol–water partition coefficient (Wildman–Crippen LogP) is 2.34. The van der Waals surface area contributed by atoms with Gasteiger partial charge in [-0.2, -0.15) is 0 Å². The van der Waals surface area contributed by atoms with E-state index in [0.29, 0.717) is 24.3 Å². The number of esters is 1. The summed E-state index contributed by atoms with van der Waals surface area (Å²) >= 11 is 0. The van der Waals surface area contributed by atoms with Crippen LogP contribution in [0, 0.1) is 5.92 Å². The minimum Gasteiger partial charge on any atom is -0.469 e. The summed E-state index contributed by atoms with van der Waals surface area (Å²) in [4.78, 5) is 36.8. The zero-order chi connectivity index (χ0) is 16.8. The molecule has 0 aliphatic carbocycles. The molecule has 1 aliphatic rings. The smallest absolute Gasteiger partial charge is 0.311 e. The van der Waals surface area contributed by atoms with E-state index in [-0.39, 0.29) is 24.2 Å². The van der Waals surface area contributed by atoms with Crippen molar-refractivity contribution >= 4 is 29.2 Å². The summed E-state index contributed by atoms with van der Waals surface area (Å²) in [5.74, 6) is -0.885. The van der Waals surface area contributed by atoms with E-state index in [1.165, 1.54) is 7.11 Å². The van der Waals surface area contributed by atoms with Crippen molar-refractivity contribution in [2.75, 3.05) is 23.9 Å². The summed E-state index contributed by atoms with van der Waals surface area (Å²) < 4.78 is 4.70. The average Bonchev–Trinajstić information content (AvgIpc) is 2.94. The molecule has 6 heteroatoms. The lowest BCUT2D eigenvalue weighted by molar-refractivity contribution is -0.145. The van der Waals surface area contributed by atoms with Crippen LogP contribution >= 0.6 is 0 Å². The van der Waals surface area contributed by atoms with Crippen molar-refractivity contribution in [3.63, 3.8) is 0 Å². The number of amides is 2. The molecule has 124 valence electrons. The zero-order valence-corrected chi connectivity index (χ0v) is 13.5. The van der Waals surface area contributed by atoms with Crippen LogP contribution in [-0.2, 0) is 19.1 Å². The highest BCUT2D eigenvalue weighted by molar-refractivity contribution is 5.99. The molecule has 1 aromatic carbocycles. The van der Waals surface area contributed by atoms with Gasteiger partial charge in [0.15, 0.2) is 0 Å². The van der Waals surface area contributed by atoms with Gasteiger partial charge in [-0.05, 0) is 30.7 Å². The summed E-state index contributed by atoms with van der Waals surface area (Å²) in [5.41, 5.74) is 1.42. The number of rotatable bonds is 6. The Morgan fingerprint density at radius 3 is 2.61 bits per heavy atom. The Balaban J connectivity index is 1.98. The van der Waals surface area contributed by atoms with Gasteiger partial charge in [-0.1, -0.05) is 13.3 Å². The van der Waals surface area contributed by atoms with Crippen molar-refractivity contribution in [3.05, 3.63) is 24.3 Å². The molecule has 2 rings (SSSR count). The van der Waals surface area contributed by atoms with E-state index >= 15 is 0 Å². The third-order valence-electron chi connectivity index (χ3n) is 3.88. The maximum Gasteiger partial charge on any atom is 0.311 e. The van der Waals surface area contributed by atoms with Gasteiger partial charge >= 0.3 is 5.97 Å². The molecule has 0 aromatic heterocycles. The number of hydrogen-bond acceptors (Lipinski definition) is 4. The standard InChI is InChI=1S/C17H22N2O4/c1-3-4-5-15(20)18-13-6-8-14(9-7-13)19-11-12(10-16(19)21)17(22)23-2/h6-9,12H,3-5,10-11H2,1-2H3,(H,18,20)/t12-/m1/s1. The highest BCUT2D eigenvalue weighted by Gasteiger charge is 2.35. The Bertz CT molecular complexity index is 583. The summed E-state index contributed by atoms with van der Waals surface area (Å²) in [5, 5.41) is 2.83. The summed E-state index contributed by atoms with van der Waals surface area (Å²) in [6, 6.07) is 7.07. The van der Waals surface area contributed by atoms with Crippen LogP contribution in [0.25, 0.3) is 0 Å². The van der Waals surface area contributed by atoms with E-state index in [9.17, 15) is 14.4 Å². The molecule has 1 aliphatic heterocycles. The maximum absolute atomic E-state index is 12.0. The van der Waals surface area contributed by atoms with Crippen LogP contribution in [0.2, 0.25) is 0 Å². The number of methoxy groups -OCH3 is 1. The van der Waals surface area contributed by atoms with E-state index in [1.807, 2.05) is 6.92 Å². The van der Waals surface area contributed by atoms with Crippen LogP contribution in [0.4, 0.5) is 11.4 Å². The van der Waals surface area contributed by atoms with Crippen LogP contribution in [0.5, 0.6) is 0 Å². The minimum atomic E-state index is -0.416. The number of carbonyl (C=O) groups is 3. The first-order valence-electron chi connectivity index (χ1n) is 7.83. The van der Waals surface area contributed by atoms with Crippen LogP contribution in [0.3, 0.4) is 0 Å². The second kappa shape index (κ2) is 7.76. The van der Waals surface area contributed by atoms with Gasteiger partial charge in [0, 0.05) is 30.8 Å². The minimum absolute atomic E-state index is 0.0115. The monoisotopic (exact) mass is 318 g/mol. The molecule has 0 spiro atoms. The molecule has 23 heavy (non-hydrogen) atoms. The molecule has 1 atom stereocenters. The van der Waals surface area contributed by atoms with Gasteiger partial charge in [-0.25, -0.2) is 0 Å². The number of unbranched alkanes of at least 4 members (excludes halogenated alkanes) is 1. The Kier molecular flexibility index (Phi) is 5.73. The summed E-state index contributed by atoms with van der Waals surface area (Å²) in [7, 11) is 1.32. The first kappa shape index (κ1) is 17.0. The summed E-state index contributed by atoms with van der Waals surface area (Å²) in [6.45, 7) is 2.37. The molecule has 1 fully saturated rings. The van der Waals surface area contributed by atoms with Crippen molar-refractivity contribution in [2.24, 2.45) is 5.92 Å². The van der Waals surface area contributed by atoms with Crippen LogP contribution < -0.4 is 10.2 Å². The fourth-order valence-electron chi connectivity index (χ4n) is 2.57. The van der Waals surface area contributed by atoms with Gasteiger partial charge in [-0.3, -0.25) is 14.4 Å². The highest BCUT2D eigenvalue weighted by atomic mass is 16.5. The van der Waals surface area contributed by atoms with E-state index in [4.69, 9.17) is 4.74 Å². The average molecular weight is 318 g/mol. The van der Waals surface area contributed by atoms with E-state index in [0.717, 1.165) is 12.8 Å². The molecule has 0 radical (unpaired) electrons. The van der Waals surface area contributed by atoms with Crippen LogP contribution in [0.15, 0.2) is 24.3 Å². The van der Waals surface area contributed by atoms with Gasteiger partial charge < -0.3 is 15.0 Å². The number of carbonyl (C=O) groups excluding carboxylic acids is 3. The third kappa shape index (κ3) is 4.31. The Hall–Kier alpha value is -2.37. The molecule has 0 saturated carbocycles. The van der Waals surface area contributed by atoms with E-state index in [2.05, 4.69) is 5.32 Å². The Morgan fingerprint density at radius 2 is 2.00 bits per heavy atom. The van der Waals surface area contributed by atoms with Gasteiger partial charge in [0.1, 0.15) is 0 Å². The molecule has 1 heterocycles. The molecule has 0 bridgehead atoms. The SMILES string of the molecule is CCCCC(=O)Nc1ccc(N2C[C@H](C(=O)OC)CC2=O)cc1. The van der Waals surface area contributed by atoms with Gasteiger partial charge in [0.25, 0.3) is 0 Å². The number of nitrogens with one attached hydrogen (secondary N) is 1. The molecule has 1 saturated heterocycles. The molecular formula is C17H22N2O4. The first-order valence-corrected chi connectivity index (χ1v) is 7.83. The predicted molar refractivity (Wildman–Crippen MR) is 87.1 cm³/mol. The molecule has 2 amide bonds. The Labute approximate surface area is 135 Å². The van der Waals surface area contributed by atoms with Crippen LogP contribution in [0.1, 0.15) is 32.6 Å². The van der Waals surface area contributed by atoms with Crippen molar-refractivity contribution in [2.45, 2.75) is 32.6 Å². The molecule has 0 unspecified atom stereocenters. The number of nitrogens with zero attached hydrogens (tertiary/aromatic N) is 1. The maximum atomic E-state index is 12.0. The van der Waals surface area contributed by atoms with Crippen molar-refractivity contribution in [1.29, 1.82) is 0 Å². The van der Waals surface area contributed by atoms with Crippen LogP contribution in [-0.4, -0.2) is 31.4 Å². The highest BCUT2D eigenvalue weighted by Crippen LogP contribution is 2.26. The number of hydrogen-bond donors (Lipinski definition) is 1. The quantitative estimate of drug-likeness (QED) is 0.817. The Morgan fingerprint density at radius 1 is 1.30 bits per heavy atom. The van der Waals surface area contributed by atoms with Crippen molar-refractivity contribution in [1.82, 2.24) is 0 Å². The second-order valence-corrected chi connectivity index (χ2v) is 5.63. The lowest BCUT2D eigenvalue weighted by Crippen LogP contribution is -2.26. The zero-order valence-electron chi connectivity index (χ0n) is 13.5. The second-order valence-electron chi connectivity index (χ2n) is 5.63. The van der Waals surface area contributed by atoms with Gasteiger partial charge in [0.05, 0.1) is 13.0 Å². The largest absolute Gasteiger partial charge is 0.469 e. The molecule has 6 nitrogen and oxygen atoms in total. The molecule has 1 aromatic rings. The van der Waals surface area contributed by atoms with Crippen molar-refractivity contribution < 1.29 is 19.1 Å². The van der Waals surface area contributed by atoms with E-state index < -0.39 is 5.92 Å².